The predicted molar refractivity (Wildman–Crippen MR) is 86.7 cm³/mol. The lowest BCUT2D eigenvalue weighted by atomic mass is 9.99. The zero-order chi connectivity index (χ0) is 13.0. The molecule has 2 nitrogen and oxygen atoms in total. The van der Waals surface area contributed by atoms with Crippen molar-refractivity contribution in [1.29, 1.82) is 0 Å². The molecule has 0 heterocycles. The van der Waals surface area contributed by atoms with Crippen LogP contribution in [-0.2, 0) is 4.79 Å². The van der Waals surface area contributed by atoms with Crippen LogP contribution >= 0.6 is 38.5 Å². The molecule has 0 spiro atoms. The molecule has 2 rings (SSSR count). The molecule has 1 fully saturated rings. The minimum absolute atomic E-state index is 0.188. The first-order valence-electron chi connectivity index (χ1n) is 6.43. The van der Waals surface area contributed by atoms with Crippen molar-refractivity contribution in [3.63, 3.8) is 0 Å². The van der Waals surface area contributed by atoms with Crippen molar-refractivity contribution in [2.75, 3.05) is 5.32 Å². The van der Waals surface area contributed by atoms with Crippen LogP contribution < -0.4 is 5.32 Å². The van der Waals surface area contributed by atoms with Crippen molar-refractivity contribution >= 4 is 50.1 Å². The molecule has 1 aliphatic carbocycles. The maximum Gasteiger partial charge on any atom is 0.227 e. The second-order valence-electron chi connectivity index (χ2n) is 4.80. The van der Waals surface area contributed by atoms with E-state index in [1.165, 1.54) is 25.7 Å². The Morgan fingerprint density at radius 2 is 1.89 bits per heavy atom. The van der Waals surface area contributed by atoms with E-state index < -0.39 is 0 Å². The van der Waals surface area contributed by atoms with E-state index in [1.807, 2.05) is 18.2 Å². The van der Waals surface area contributed by atoms with Crippen LogP contribution in [0, 0.1) is 9.49 Å². The van der Waals surface area contributed by atoms with Crippen molar-refractivity contribution < 1.29 is 4.79 Å². The highest BCUT2D eigenvalue weighted by atomic mass is 127. The molecule has 0 bridgehead atoms. The molecule has 0 radical (unpaired) electrons. The van der Waals surface area contributed by atoms with E-state index in [2.05, 4.69) is 43.8 Å². The van der Waals surface area contributed by atoms with Gasteiger partial charge in [0, 0.05) is 14.0 Å². The quantitative estimate of drug-likeness (QED) is 0.530. The Hall–Kier alpha value is -0.100. The fraction of sp³-hybridized carbons (Fsp3) is 0.500. The standard InChI is InChI=1S/C14H17BrINO/c15-11-7-8-12(16)13(9-11)17-14(18)10-5-3-1-2-4-6-10/h7-10H,1-6H2,(H,17,18). The number of rotatable bonds is 2. The SMILES string of the molecule is O=C(Nc1cc(Br)ccc1I)C1CCCCCC1. The van der Waals surface area contributed by atoms with Gasteiger partial charge in [-0.1, -0.05) is 41.6 Å². The lowest BCUT2D eigenvalue weighted by Gasteiger charge is -2.15. The van der Waals surface area contributed by atoms with E-state index in [1.54, 1.807) is 0 Å². The number of carbonyl (C=O) groups is 1. The van der Waals surface area contributed by atoms with Gasteiger partial charge in [0.15, 0.2) is 0 Å². The number of hydrogen-bond acceptors (Lipinski definition) is 1. The van der Waals surface area contributed by atoms with Crippen molar-refractivity contribution in [2.45, 2.75) is 38.5 Å². The molecule has 18 heavy (non-hydrogen) atoms. The summed E-state index contributed by atoms with van der Waals surface area (Å²) in [6.45, 7) is 0. The summed E-state index contributed by atoms with van der Waals surface area (Å²) in [7, 11) is 0. The molecule has 1 aliphatic rings. The van der Waals surface area contributed by atoms with E-state index in [4.69, 9.17) is 0 Å². The highest BCUT2D eigenvalue weighted by molar-refractivity contribution is 14.1. The normalized spacial score (nSPS) is 17.2. The van der Waals surface area contributed by atoms with Crippen molar-refractivity contribution in [2.24, 2.45) is 5.92 Å². The predicted octanol–water partition coefficient (Wildman–Crippen LogP) is 4.96. The van der Waals surface area contributed by atoms with Crippen LogP contribution in [0.2, 0.25) is 0 Å². The molecule has 0 aromatic heterocycles. The molecule has 1 aromatic carbocycles. The van der Waals surface area contributed by atoms with Crippen molar-refractivity contribution in [3.05, 3.63) is 26.2 Å². The molecule has 0 aliphatic heterocycles. The molecule has 0 unspecified atom stereocenters. The summed E-state index contributed by atoms with van der Waals surface area (Å²) in [5.74, 6) is 0.384. The van der Waals surface area contributed by atoms with Gasteiger partial charge in [0.25, 0.3) is 0 Å². The van der Waals surface area contributed by atoms with Crippen molar-refractivity contribution in [1.82, 2.24) is 0 Å². The number of anilines is 1. The third-order valence-electron chi connectivity index (χ3n) is 3.41. The van der Waals surface area contributed by atoms with Crippen LogP contribution in [0.25, 0.3) is 0 Å². The van der Waals surface area contributed by atoms with Gasteiger partial charge in [-0.2, -0.15) is 0 Å². The lowest BCUT2D eigenvalue weighted by Crippen LogP contribution is -2.22. The van der Waals surface area contributed by atoms with Gasteiger partial charge >= 0.3 is 0 Å². The van der Waals surface area contributed by atoms with Gasteiger partial charge in [0.2, 0.25) is 5.91 Å². The monoisotopic (exact) mass is 421 g/mol. The molecule has 4 heteroatoms. The van der Waals surface area contributed by atoms with Gasteiger partial charge < -0.3 is 5.32 Å². The maximum atomic E-state index is 12.3. The first kappa shape index (κ1) is 14.3. The van der Waals surface area contributed by atoms with E-state index in [-0.39, 0.29) is 11.8 Å². The Balaban J connectivity index is 2.03. The Morgan fingerprint density at radius 1 is 1.22 bits per heavy atom. The molecule has 0 saturated heterocycles. The summed E-state index contributed by atoms with van der Waals surface area (Å²) in [6, 6.07) is 5.97. The van der Waals surface area contributed by atoms with Gasteiger partial charge in [0.1, 0.15) is 0 Å². The van der Waals surface area contributed by atoms with Gasteiger partial charge in [-0.05, 0) is 53.6 Å². The zero-order valence-electron chi connectivity index (χ0n) is 10.2. The fourth-order valence-corrected chi connectivity index (χ4v) is 3.20. The summed E-state index contributed by atoms with van der Waals surface area (Å²) in [5.41, 5.74) is 0.916. The van der Waals surface area contributed by atoms with E-state index in [0.717, 1.165) is 26.6 Å². The number of benzene rings is 1. The Bertz CT molecular complexity index is 428. The average molecular weight is 422 g/mol. The van der Waals surface area contributed by atoms with Crippen LogP contribution in [-0.4, -0.2) is 5.91 Å². The summed E-state index contributed by atoms with van der Waals surface area (Å²) in [6.07, 6.45) is 7.00. The number of nitrogens with one attached hydrogen (secondary N) is 1. The lowest BCUT2D eigenvalue weighted by molar-refractivity contribution is -0.120. The van der Waals surface area contributed by atoms with Crippen LogP contribution in [0.15, 0.2) is 22.7 Å². The molecule has 1 N–H and O–H groups in total. The average Bonchev–Trinajstić information content (AvgIpc) is 2.62. The number of halogens is 2. The zero-order valence-corrected chi connectivity index (χ0v) is 14.0. The van der Waals surface area contributed by atoms with Crippen LogP contribution in [0.3, 0.4) is 0 Å². The topological polar surface area (TPSA) is 29.1 Å². The smallest absolute Gasteiger partial charge is 0.227 e. The first-order chi connectivity index (χ1) is 8.66. The minimum atomic E-state index is 0.188. The Morgan fingerprint density at radius 3 is 2.56 bits per heavy atom. The first-order valence-corrected chi connectivity index (χ1v) is 8.30. The van der Waals surface area contributed by atoms with E-state index in [0.29, 0.717) is 0 Å². The molecule has 1 saturated carbocycles. The largest absolute Gasteiger partial charge is 0.325 e. The molecule has 1 aromatic rings. The molecule has 98 valence electrons. The third-order valence-corrected chi connectivity index (χ3v) is 4.85. The molecule has 1 amide bonds. The summed E-state index contributed by atoms with van der Waals surface area (Å²) in [4.78, 5) is 12.3. The van der Waals surface area contributed by atoms with Crippen LogP contribution in [0.1, 0.15) is 38.5 Å². The highest BCUT2D eigenvalue weighted by Crippen LogP contribution is 2.27. The summed E-state index contributed by atoms with van der Waals surface area (Å²) >= 11 is 5.69. The second-order valence-corrected chi connectivity index (χ2v) is 6.88. The van der Waals surface area contributed by atoms with Gasteiger partial charge in [-0.15, -0.1) is 0 Å². The Labute approximate surface area is 130 Å². The molecular formula is C14H17BrINO. The highest BCUT2D eigenvalue weighted by Gasteiger charge is 2.20. The Kier molecular flexibility index (Phi) is 5.48. The van der Waals surface area contributed by atoms with E-state index in [9.17, 15) is 4.79 Å². The van der Waals surface area contributed by atoms with Crippen molar-refractivity contribution in [3.8, 4) is 0 Å². The summed E-state index contributed by atoms with van der Waals surface area (Å²) in [5, 5.41) is 3.07. The van der Waals surface area contributed by atoms with Gasteiger partial charge in [0.05, 0.1) is 5.69 Å². The third kappa shape index (κ3) is 3.95. The number of amides is 1. The number of hydrogen-bond donors (Lipinski definition) is 1. The van der Waals surface area contributed by atoms with Gasteiger partial charge in [-0.25, -0.2) is 0 Å². The maximum absolute atomic E-state index is 12.3. The summed E-state index contributed by atoms with van der Waals surface area (Å²) < 4.78 is 2.08. The fourth-order valence-electron chi connectivity index (χ4n) is 2.37. The number of carbonyl (C=O) groups excluding carboxylic acids is 1. The molecule has 0 atom stereocenters. The second kappa shape index (κ2) is 6.89. The van der Waals surface area contributed by atoms with E-state index >= 15 is 0 Å². The minimum Gasteiger partial charge on any atom is -0.325 e. The van der Waals surface area contributed by atoms with Crippen LogP contribution in [0.5, 0.6) is 0 Å². The van der Waals surface area contributed by atoms with Gasteiger partial charge in [-0.3, -0.25) is 4.79 Å². The molecular weight excluding hydrogens is 405 g/mol. The van der Waals surface area contributed by atoms with Crippen LogP contribution in [0.4, 0.5) is 5.69 Å².